The number of nitrogen functional groups attached to an aromatic ring is 1. The van der Waals surface area contributed by atoms with Crippen LogP contribution in [0.25, 0.3) is 11.2 Å². The molecule has 1 saturated heterocycles. The first-order valence-corrected chi connectivity index (χ1v) is 9.05. The third kappa shape index (κ3) is 3.73. The van der Waals surface area contributed by atoms with Gasteiger partial charge in [-0.25, -0.2) is 15.0 Å². The zero-order valence-electron chi connectivity index (χ0n) is 13.7. The number of imidazole rings is 1. The van der Waals surface area contributed by atoms with E-state index in [2.05, 4.69) is 19.7 Å². The van der Waals surface area contributed by atoms with Crippen molar-refractivity contribution < 1.29 is 24.5 Å². The summed E-state index contributed by atoms with van der Waals surface area (Å²) >= 11 is 1.47. The van der Waals surface area contributed by atoms with E-state index in [9.17, 15) is 15.0 Å². The van der Waals surface area contributed by atoms with E-state index in [0.29, 0.717) is 35.6 Å². The molecule has 0 aliphatic carbocycles. The number of nitrogens with two attached hydrogens (primary N) is 2. The third-order valence-corrected chi connectivity index (χ3v) is 5.15. The second kappa shape index (κ2) is 8.14. The number of anilines is 1. The first-order chi connectivity index (χ1) is 12.5. The highest BCUT2D eigenvalue weighted by Crippen LogP contribution is 2.33. The molecule has 0 bridgehead atoms. The minimum absolute atomic E-state index is 0.225. The van der Waals surface area contributed by atoms with Crippen LogP contribution in [0.1, 0.15) is 12.6 Å². The zero-order valence-corrected chi connectivity index (χ0v) is 14.5. The first-order valence-electron chi connectivity index (χ1n) is 7.90. The molecule has 12 heteroatoms. The second-order valence-electron chi connectivity index (χ2n) is 5.76. The quantitative estimate of drug-likeness (QED) is 0.240. The lowest BCUT2D eigenvalue weighted by atomic mass is 10.1. The van der Waals surface area contributed by atoms with E-state index in [-0.39, 0.29) is 5.82 Å². The fourth-order valence-electron chi connectivity index (χ4n) is 2.69. The average Bonchev–Trinajstić information content (AvgIpc) is 3.16. The lowest BCUT2D eigenvalue weighted by Crippen LogP contribution is -2.32. The number of thioether (sulfide) groups is 1. The first kappa shape index (κ1) is 18.8. The molecule has 3 heterocycles. The van der Waals surface area contributed by atoms with Gasteiger partial charge in [-0.2, -0.15) is 11.8 Å². The van der Waals surface area contributed by atoms with Gasteiger partial charge in [0.25, 0.3) is 6.47 Å². The van der Waals surface area contributed by atoms with Crippen LogP contribution >= 0.6 is 11.8 Å². The van der Waals surface area contributed by atoms with Crippen molar-refractivity contribution in [1.82, 2.24) is 19.5 Å². The van der Waals surface area contributed by atoms with Gasteiger partial charge in [-0.1, -0.05) is 0 Å². The minimum atomic E-state index is -1.14. The van der Waals surface area contributed by atoms with E-state index < -0.39 is 30.8 Å². The van der Waals surface area contributed by atoms with Gasteiger partial charge in [0.05, 0.1) is 12.4 Å². The van der Waals surface area contributed by atoms with Crippen LogP contribution in [0.4, 0.5) is 5.82 Å². The Labute approximate surface area is 152 Å². The number of aliphatic hydroxyl groups excluding tert-OH is 2. The van der Waals surface area contributed by atoms with Crippen LogP contribution in [0.2, 0.25) is 0 Å². The Hall–Kier alpha value is -1.99. The lowest BCUT2D eigenvalue weighted by molar-refractivity contribution is -0.133. The van der Waals surface area contributed by atoms with Gasteiger partial charge in [-0.15, -0.1) is 0 Å². The highest BCUT2D eigenvalue weighted by atomic mass is 32.2. The fraction of sp³-hybridized carbons (Fsp3) is 0.571. The molecule has 1 aliphatic rings. The molecule has 0 aromatic carbocycles. The van der Waals surface area contributed by atoms with Crippen molar-refractivity contribution in [1.29, 1.82) is 0 Å². The van der Waals surface area contributed by atoms with Gasteiger partial charge >= 0.3 is 0 Å². The fourth-order valence-corrected chi connectivity index (χ4v) is 3.76. The molecule has 11 nitrogen and oxygen atoms in total. The predicted molar refractivity (Wildman–Crippen MR) is 92.7 cm³/mol. The van der Waals surface area contributed by atoms with Gasteiger partial charge in [0.1, 0.15) is 24.1 Å². The van der Waals surface area contributed by atoms with E-state index >= 15 is 0 Å². The molecule has 1 fully saturated rings. The molecule has 0 unspecified atom stereocenters. The average molecular weight is 384 g/mol. The van der Waals surface area contributed by atoms with Crippen molar-refractivity contribution in [3.63, 3.8) is 0 Å². The van der Waals surface area contributed by atoms with E-state index in [4.69, 9.17) is 16.2 Å². The van der Waals surface area contributed by atoms with Crippen LogP contribution in [0.15, 0.2) is 12.7 Å². The number of rotatable bonds is 8. The minimum Gasteiger partial charge on any atom is -0.449 e. The molecule has 142 valence electrons. The van der Waals surface area contributed by atoms with Gasteiger partial charge in [-0.05, 0) is 5.75 Å². The molecule has 0 radical (unpaired) electrons. The molecule has 0 saturated carbocycles. The van der Waals surface area contributed by atoms with E-state index in [1.165, 1.54) is 29.0 Å². The number of carbonyl (C=O) groups excluding carboxylic acids is 1. The van der Waals surface area contributed by atoms with Gasteiger partial charge in [0, 0.05) is 12.2 Å². The van der Waals surface area contributed by atoms with Gasteiger partial charge < -0.3 is 25.4 Å². The summed E-state index contributed by atoms with van der Waals surface area (Å²) in [5, 5.41) is 20.6. The van der Waals surface area contributed by atoms with Crippen LogP contribution in [0, 0.1) is 0 Å². The number of hydrogen-bond donors (Lipinski definition) is 4. The summed E-state index contributed by atoms with van der Waals surface area (Å²) in [6.07, 6.45) is -1.07. The van der Waals surface area contributed by atoms with Gasteiger partial charge in [-0.3, -0.25) is 15.1 Å². The highest BCUT2D eigenvalue weighted by Gasteiger charge is 2.44. The van der Waals surface area contributed by atoms with Crippen LogP contribution in [0.5, 0.6) is 0 Å². The van der Waals surface area contributed by atoms with E-state index in [1.54, 1.807) is 0 Å². The molecule has 2 aromatic heterocycles. The smallest absolute Gasteiger partial charge is 0.294 e. The topological polar surface area (TPSA) is 172 Å². The SMILES string of the molecule is Nc1ncnc2c1ncn2[C@@H]1O[C@H](CSCC[C@H](N)OC=O)[C@@H](O)[C@H]1O. The summed E-state index contributed by atoms with van der Waals surface area (Å²) in [7, 11) is 0. The van der Waals surface area contributed by atoms with Gasteiger partial charge in [0.15, 0.2) is 23.9 Å². The number of ether oxygens (including phenoxy) is 2. The van der Waals surface area contributed by atoms with Crippen molar-refractivity contribution in [2.45, 2.75) is 37.2 Å². The zero-order chi connectivity index (χ0) is 18.7. The monoisotopic (exact) mass is 384 g/mol. The van der Waals surface area contributed by atoms with Crippen molar-refractivity contribution in [3.8, 4) is 0 Å². The molecule has 1 aliphatic heterocycles. The summed E-state index contributed by atoms with van der Waals surface area (Å²) in [6.45, 7) is 0.311. The van der Waals surface area contributed by atoms with Crippen molar-refractivity contribution in [3.05, 3.63) is 12.7 Å². The van der Waals surface area contributed by atoms with E-state index in [0.717, 1.165) is 0 Å². The molecule has 5 atom stereocenters. The Morgan fingerprint density at radius 2 is 2.19 bits per heavy atom. The maximum atomic E-state index is 10.4. The lowest BCUT2D eigenvalue weighted by Gasteiger charge is -2.16. The largest absolute Gasteiger partial charge is 0.449 e. The Morgan fingerprint density at radius 3 is 2.96 bits per heavy atom. The van der Waals surface area contributed by atoms with Crippen LogP contribution in [-0.4, -0.2) is 72.2 Å². The molecule has 6 N–H and O–H groups in total. The van der Waals surface area contributed by atoms with Crippen molar-refractivity contribution >= 4 is 35.2 Å². The Bertz CT molecular complexity index is 761. The number of fused-ring (bicyclic) bond motifs is 1. The number of nitrogens with zero attached hydrogens (tertiary/aromatic N) is 4. The predicted octanol–water partition coefficient (Wildman–Crippen LogP) is -1.39. The molecule has 26 heavy (non-hydrogen) atoms. The summed E-state index contributed by atoms with van der Waals surface area (Å²) in [5.41, 5.74) is 12.1. The number of carbonyl (C=O) groups is 1. The molecule has 0 spiro atoms. The molecular weight excluding hydrogens is 364 g/mol. The number of aliphatic hydroxyl groups is 2. The summed E-state index contributed by atoms with van der Waals surface area (Å²) < 4.78 is 11.9. The Kier molecular flexibility index (Phi) is 5.88. The third-order valence-electron chi connectivity index (χ3n) is 4.06. The van der Waals surface area contributed by atoms with Crippen molar-refractivity contribution in [2.24, 2.45) is 5.73 Å². The number of aromatic nitrogens is 4. The molecule has 3 rings (SSSR count). The number of hydrogen-bond acceptors (Lipinski definition) is 11. The van der Waals surface area contributed by atoms with Crippen molar-refractivity contribution in [2.75, 3.05) is 17.2 Å². The summed E-state index contributed by atoms with van der Waals surface area (Å²) in [4.78, 5) is 22.3. The maximum Gasteiger partial charge on any atom is 0.294 e. The molecule has 0 amide bonds. The van der Waals surface area contributed by atoms with Crippen LogP contribution < -0.4 is 11.5 Å². The standard InChI is InChI=1S/C14H20N6O5S/c15-8(24-6-21)1-2-26-3-7-10(22)11(23)14(25-7)20-5-19-9-12(16)17-4-18-13(9)20/h4-8,10-11,14,22-23H,1-3,15H2,(H2,16,17,18)/t7-,8-,10-,11-,14-/m1/s1. The van der Waals surface area contributed by atoms with Gasteiger partial charge in [0.2, 0.25) is 0 Å². The van der Waals surface area contributed by atoms with Crippen LogP contribution in [0.3, 0.4) is 0 Å². The van der Waals surface area contributed by atoms with Crippen LogP contribution in [-0.2, 0) is 14.3 Å². The highest BCUT2D eigenvalue weighted by molar-refractivity contribution is 7.99. The maximum absolute atomic E-state index is 10.4. The Morgan fingerprint density at radius 1 is 1.38 bits per heavy atom. The summed E-state index contributed by atoms with van der Waals surface area (Å²) in [5.74, 6) is 1.27. The molecule has 2 aromatic rings. The molecular formula is C14H20N6O5S. The Balaban J connectivity index is 1.62. The normalized spacial score (nSPS) is 26.9. The second-order valence-corrected chi connectivity index (χ2v) is 6.91. The van der Waals surface area contributed by atoms with E-state index in [1.807, 2.05) is 0 Å². The summed E-state index contributed by atoms with van der Waals surface area (Å²) in [6, 6.07) is 0.